The van der Waals surface area contributed by atoms with Crippen LogP contribution in [0.15, 0.2) is 59.5 Å². The molecule has 0 saturated carbocycles. The monoisotopic (exact) mass is 397 g/mol. The molecule has 2 rings (SSSR count). The zero-order chi connectivity index (χ0) is 19.0. The molecule has 10 heteroatoms. The van der Waals surface area contributed by atoms with E-state index in [9.17, 15) is 18.0 Å². The van der Waals surface area contributed by atoms with E-state index >= 15 is 0 Å². The smallest absolute Gasteiger partial charge is 0.407 e. The van der Waals surface area contributed by atoms with Crippen molar-refractivity contribution in [3.63, 3.8) is 0 Å². The highest BCUT2D eigenvalue weighted by molar-refractivity contribution is 7.89. The Morgan fingerprint density at radius 2 is 1.65 bits per heavy atom. The summed E-state index contributed by atoms with van der Waals surface area (Å²) in [7, 11) is -3.94. The second kappa shape index (κ2) is 9.18. The van der Waals surface area contributed by atoms with E-state index in [0.717, 1.165) is 5.56 Å². The van der Waals surface area contributed by atoms with Crippen LogP contribution in [-0.2, 0) is 26.2 Å². The Morgan fingerprint density at radius 1 is 1.00 bits per heavy atom. The van der Waals surface area contributed by atoms with E-state index in [4.69, 9.17) is 16.3 Å². The van der Waals surface area contributed by atoms with Crippen LogP contribution in [0, 0.1) is 0 Å². The fourth-order valence-corrected chi connectivity index (χ4v) is 2.75. The first-order chi connectivity index (χ1) is 12.4. The molecule has 0 radical (unpaired) electrons. The highest BCUT2D eigenvalue weighted by Crippen LogP contribution is 2.13. The molecule has 8 nitrogen and oxygen atoms in total. The van der Waals surface area contributed by atoms with Gasteiger partial charge >= 0.3 is 6.09 Å². The second-order valence-corrected chi connectivity index (χ2v) is 7.14. The van der Waals surface area contributed by atoms with Crippen LogP contribution >= 0.6 is 11.6 Å². The largest absolute Gasteiger partial charge is 0.445 e. The normalized spacial score (nSPS) is 10.8. The summed E-state index contributed by atoms with van der Waals surface area (Å²) in [6.07, 6.45) is -0.801. The Hall–Kier alpha value is -2.62. The van der Waals surface area contributed by atoms with Crippen molar-refractivity contribution < 1.29 is 22.7 Å². The molecule has 0 aliphatic heterocycles. The van der Waals surface area contributed by atoms with E-state index in [1.54, 1.807) is 24.3 Å². The average molecular weight is 398 g/mol. The standard InChI is InChI=1S/C16H16ClN3O5S/c17-13-6-8-14(9-7-13)26(23,24)20-19-15(21)10-18-16(22)25-11-12-4-2-1-3-5-12/h1-9,20H,10-11H2,(H,18,22)(H,19,21). The molecule has 0 spiro atoms. The van der Waals surface area contributed by atoms with Gasteiger partial charge in [0.15, 0.2) is 0 Å². The molecule has 0 aromatic heterocycles. The van der Waals surface area contributed by atoms with Crippen molar-refractivity contribution in [1.29, 1.82) is 0 Å². The van der Waals surface area contributed by atoms with Crippen molar-refractivity contribution in [3.8, 4) is 0 Å². The van der Waals surface area contributed by atoms with Crippen molar-refractivity contribution >= 4 is 33.6 Å². The predicted molar refractivity (Wildman–Crippen MR) is 94.5 cm³/mol. The number of nitrogens with one attached hydrogen (secondary N) is 3. The first kappa shape index (κ1) is 19.7. The minimum absolute atomic E-state index is 0.0531. The van der Waals surface area contributed by atoms with Gasteiger partial charge in [0.05, 0.1) is 4.90 Å². The number of alkyl carbamates (subject to hydrolysis) is 1. The number of carbonyl (C=O) groups is 2. The summed E-state index contributed by atoms with van der Waals surface area (Å²) >= 11 is 5.69. The number of halogens is 1. The molecule has 0 unspecified atom stereocenters. The van der Waals surface area contributed by atoms with Crippen molar-refractivity contribution in [2.75, 3.05) is 6.54 Å². The fraction of sp³-hybridized carbons (Fsp3) is 0.125. The van der Waals surface area contributed by atoms with E-state index in [-0.39, 0.29) is 11.5 Å². The second-order valence-electron chi connectivity index (χ2n) is 5.02. The Labute approximate surface area is 155 Å². The summed E-state index contributed by atoms with van der Waals surface area (Å²) in [5, 5.41) is 2.59. The maximum atomic E-state index is 12.0. The number of amides is 2. The van der Waals surface area contributed by atoms with Gasteiger partial charge in [-0.05, 0) is 29.8 Å². The van der Waals surface area contributed by atoms with Crippen LogP contribution in [0.5, 0.6) is 0 Å². The summed E-state index contributed by atoms with van der Waals surface area (Å²) in [5.74, 6) is -0.765. The fourth-order valence-electron chi connectivity index (χ4n) is 1.77. The van der Waals surface area contributed by atoms with Crippen LogP contribution < -0.4 is 15.6 Å². The molecule has 0 heterocycles. The highest BCUT2D eigenvalue weighted by atomic mass is 35.5. The molecule has 2 amide bonds. The van der Waals surface area contributed by atoms with Crippen molar-refractivity contribution in [2.45, 2.75) is 11.5 Å². The molecule has 0 aliphatic carbocycles. The third-order valence-corrected chi connectivity index (χ3v) is 4.57. The van der Waals surface area contributed by atoms with Crippen LogP contribution in [0.4, 0.5) is 4.79 Å². The van der Waals surface area contributed by atoms with Gasteiger partial charge in [0.25, 0.3) is 15.9 Å². The molecular weight excluding hydrogens is 382 g/mol. The van der Waals surface area contributed by atoms with Crippen LogP contribution in [-0.4, -0.2) is 27.0 Å². The number of benzene rings is 2. The topological polar surface area (TPSA) is 114 Å². The van der Waals surface area contributed by atoms with Crippen LogP contribution in [0.1, 0.15) is 5.56 Å². The van der Waals surface area contributed by atoms with Crippen LogP contribution in [0.25, 0.3) is 0 Å². The van der Waals surface area contributed by atoms with Gasteiger partial charge in [0.1, 0.15) is 13.2 Å². The van der Waals surface area contributed by atoms with E-state index < -0.39 is 28.6 Å². The number of rotatable bonds is 7. The lowest BCUT2D eigenvalue weighted by Gasteiger charge is -2.09. The van der Waals surface area contributed by atoms with Gasteiger partial charge in [-0.15, -0.1) is 4.83 Å². The number of ether oxygens (including phenoxy) is 1. The molecule has 138 valence electrons. The van der Waals surface area contributed by atoms with Gasteiger partial charge in [0, 0.05) is 5.02 Å². The number of hydrazine groups is 1. The maximum Gasteiger partial charge on any atom is 0.407 e. The van der Waals surface area contributed by atoms with Gasteiger partial charge in [-0.2, -0.15) is 0 Å². The lowest BCUT2D eigenvalue weighted by Crippen LogP contribution is -2.46. The van der Waals surface area contributed by atoms with E-state index in [1.165, 1.54) is 24.3 Å². The summed E-state index contributed by atoms with van der Waals surface area (Å²) in [5.41, 5.74) is 2.78. The summed E-state index contributed by atoms with van der Waals surface area (Å²) in [6, 6.07) is 14.4. The highest BCUT2D eigenvalue weighted by Gasteiger charge is 2.15. The molecule has 2 aromatic carbocycles. The third-order valence-electron chi connectivity index (χ3n) is 3.05. The van der Waals surface area contributed by atoms with Crippen LogP contribution in [0.3, 0.4) is 0 Å². The number of carbonyl (C=O) groups excluding carboxylic acids is 2. The lowest BCUT2D eigenvalue weighted by molar-refractivity contribution is -0.120. The molecule has 0 fully saturated rings. The molecule has 2 aromatic rings. The van der Waals surface area contributed by atoms with E-state index in [2.05, 4.69) is 5.32 Å². The first-order valence-corrected chi connectivity index (χ1v) is 9.24. The zero-order valence-corrected chi connectivity index (χ0v) is 15.0. The van der Waals surface area contributed by atoms with Crippen LogP contribution in [0.2, 0.25) is 5.02 Å². The SMILES string of the molecule is O=C(CNC(=O)OCc1ccccc1)NNS(=O)(=O)c1ccc(Cl)cc1. The van der Waals surface area contributed by atoms with Gasteiger partial charge < -0.3 is 10.1 Å². The molecule has 0 bridgehead atoms. The van der Waals surface area contributed by atoms with Crippen molar-refractivity contribution in [2.24, 2.45) is 0 Å². The van der Waals surface area contributed by atoms with Gasteiger partial charge in [-0.25, -0.2) is 13.2 Å². The molecule has 0 aliphatic rings. The lowest BCUT2D eigenvalue weighted by atomic mass is 10.2. The Bertz CT molecular complexity index is 857. The van der Waals surface area contributed by atoms with E-state index in [1.807, 2.05) is 16.3 Å². The van der Waals surface area contributed by atoms with Crippen molar-refractivity contribution in [3.05, 3.63) is 65.2 Å². The minimum Gasteiger partial charge on any atom is -0.445 e. The summed E-state index contributed by atoms with van der Waals surface area (Å²) < 4.78 is 28.9. The Kier molecular flexibility index (Phi) is 6.96. The molecule has 3 N–H and O–H groups in total. The minimum atomic E-state index is -3.94. The summed E-state index contributed by atoms with van der Waals surface area (Å²) in [4.78, 5) is 25.0. The predicted octanol–water partition coefficient (Wildman–Crippen LogP) is 1.58. The van der Waals surface area contributed by atoms with E-state index in [0.29, 0.717) is 5.02 Å². The third kappa shape index (κ3) is 6.36. The number of hydrogen-bond acceptors (Lipinski definition) is 5. The van der Waals surface area contributed by atoms with Gasteiger partial charge in [0.2, 0.25) is 0 Å². The first-order valence-electron chi connectivity index (χ1n) is 7.37. The molecule has 0 saturated heterocycles. The summed E-state index contributed by atoms with van der Waals surface area (Å²) in [6.45, 7) is -0.408. The molecule has 0 atom stereocenters. The Balaban J connectivity index is 1.73. The molecule has 26 heavy (non-hydrogen) atoms. The van der Waals surface area contributed by atoms with Gasteiger partial charge in [-0.3, -0.25) is 10.2 Å². The zero-order valence-electron chi connectivity index (χ0n) is 13.4. The quantitative estimate of drug-likeness (QED) is 0.614. The average Bonchev–Trinajstić information content (AvgIpc) is 2.64. The number of hydrogen-bond donors (Lipinski definition) is 3. The number of sulfonamides is 1. The maximum absolute atomic E-state index is 12.0. The van der Waals surface area contributed by atoms with Gasteiger partial charge in [-0.1, -0.05) is 41.9 Å². The Morgan fingerprint density at radius 3 is 2.31 bits per heavy atom. The molecular formula is C16H16ClN3O5S. The van der Waals surface area contributed by atoms with Crippen molar-refractivity contribution in [1.82, 2.24) is 15.6 Å².